The Morgan fingerprint density at radius 3 is 3.14 bits per heavy atom. The molecule has 1 aliphatic heterocycles. The van der Waals surface area contributed by atoms with E-state index in [4.69, 9.17) is 9.26 Å². The molecule has 4 heteroatoms. The summed E-state index contributed by atoms with van der Waals surface area (Å²) in [5, 5.41) is 3.87. The Kier molecular flexibility index (Phi) is 2.84. The molecular weight excluding hydrogens is 180 g/mol. The van der Waals surface area contributed by atoms with Gasteiger partial charge in [0.15, 0.2) is 5.76 Å². The number of nitrogens with zero attached hydrogens (tertiary/aromatic N) is 2. The van der Waals surface area contributed by atoms with Crippen molar-refractivity contribution in [1.29, 1.82) is 0 Å². The topological polar surface area (TPSA) is 38.5 Å². The van der Waals surface area contributed by atoms with Crippen LogP contribution in [0.1, 0.15) is 18.4 Å². The van der Waals surface area contributed by atoms with Crippen molar-refractivity contribution in [3.63, 3.8) is 0 Å². The molecule has 0 spiro atoms. The molecule has 0 amide bonds. The second-order valence-corrected chi connectivity index (χ2v) is 3.85. The van der Waals surface area contributed by atoms with Crippen LogP contribution in [0, 0.1) is 6.92 Å². The number of hydrogen-bond acceptors (Lipinski definition) is 4. The maximum absolute atomic E-state index is 5.46. The Morgan fingerprint density at radius 1 is 1.64 bits per heavy atom. The maximum Gasteiger partial charge on any atom is 0.150 e. The second kappa shape index (κ2) is 4.11. The van der Waals surface area contributed by atoms with Gasteiger partial charge in [-0.2, -0.15) is 0 Å². The largest absolute Gasteiger partial charge is 0.376 e. The number of aryl methyl sites for hydroxylation is 1. The third kappa shape index (κ3) is 2.33. The first-order valence-corrected chi connectivity index (χ1v) is 5.00. The van der Waals surface area contributed by atoms with Crippen LogP contribution in [0.15, 0.2) is 10.6 Å². The van der Waals surface area contributed by atoms with E-state index < -0.39 is 0 Å². The lowest BCUT2D eigenvalue weighted by atomic mass is 10.3. The molecule has 1 aromatic heterocycles. The van der Waals surface area contributed by atoms with Gasteiger partial charge in [-0.3, -0.25) is 4.90 Å². The van der Waals surface area contributed by atoms with E-state index >= 15 is 0 Å². The highest BCUT2D eigenvalue weighted by molar-refractivity contribution is 5.02. The number of morpholine rings is 1. The molecule has 1 aliphatic rings. The Hall–Kier alpha value is -0.870. The molecule has 1 aromatic rings. The van der Waals surface area contributed by atoms with Crippen molar-refractivity contribution in [1.82, 2.24) is 10.1 Å². The summed E-state index contributed by atoms with van der Waals surface area (Å²) in [6.07, 6.45) is 0.327. The minimum atomic E-state index is 0.327. The zero-order valence-corrected chi connectivity index (χ0v) is 8.69. The van der Waals surface area contributed by atoms with E-state index in [1.54, 1.807) is 0 Å². The fourth-order valence-corrected chi connectivity index (χ4v) is 1.75. The van der Waals surface area contributed by atoms with Crippen molar-refractivity contribution in [3.8, 4) is 0 Å². The third-order valence-corrected chi connectivity index (χ3v) is 2.38. The van der Waals surface area contributed by atoms with Crippen LogP contribution in [-0.4, -0.2) is 35.9 Å². The van der Waals surface area contributed by atoms with Gasteiger partial charge in [0.05, 0.1) is 24.9 Å². The van der Waals surface area contributed by atoms with E-state index in [2.05, 4.69) is 17.0 Å². The molecule has 0 aromatic carbocycles. The van der Waals surface area contributed by atoms with Gasteiger partial charge in [-0.25, -0.2) is 0 Å². The Bertz CT molecular complexity index is 298. The van der Waals surface area contributed by atoms with Gasteiger partial charge in [0.1, 0.15) is 0 Å². The smallest absolute Gasteiger partial charge is 0.150 e. The third-order valence-electron chi connectivity index (χ3n) is 2.38. The molecule has 4 nitrogen and oxygen atoms in total. The molecule has 0 radical (unpaired) electrons. The van der Waals surface area contributed by atoms with E-state index in [0.29, 0.717) is 6.10 Å². The first-order valence-electron chi connectivity index (χ1n) is 5.00. The number of ether oxygens (including phenoxy) is 1. The number of rotatable bonds is 2. The van der Waals surface area contributed by atoms with Gasteiger partial charge in [-0.1, -0.05) is 5.16 Å². The van der Waals surface area contributed by atoms with Crippen LogP contribution in [0.25, 0.3) is 0 Å². The quantitative estimate of drug-likeness (QED) is 0.712. The molecule has 14 heavy (non-hydrogen) atoms. The minimum absolute atomic E-state index is 0.327. The fourth-order valence-electron chi connectivity index (χ4n) is 1.75. The SMILES string of the molecule is Cc1cc(CN2CCO[C@@H](C)C2)on1. The Balaban J connectivity index is 1.90. The van der Waals surface area contributed by atoms with Gasteiger partial charge in [0, 0.05) is 19.2 Å². The van der Waals surface area contributed by atoms with Gasteiger partial charge in [0.2, 0.25) is 0 Å². The molecular formula is C10H16N2O2. The van der Waals surface area contributed by atoms with Crippen LogP contribution in [0.5, 0.6) is 0 Å². The summed E-state index contributed by atoms with van der Waals surface area (Å²) in [6.45, 7) is 7.64. The number of hydrogen-bond donors (Lipinski definition) is 0. The molecule has 1 saturated heterocycles. The molecule has 0 saturated carbocycles. The van der Waals surface area contributed by atoms with Crippen molar-refractivity contribution in [2.45, 2.75) is 26.5 Å². The summed E-state index contributed by atoms with van der Waals surface area (Å²) >= 11 is 0. The summed E-state index contributed by atoms with van der Waals surface area (Å²) in [7, 11) is 0. The molecule has 1 fully saturated rings. The normalized spacial score (nSPS) is 24.0. The van der Waals surface area contributed by atoms with E-state index in [1.807, 2.05) is 13.0 Å². The second-order valence-electron chi connectivity index (χ2n) is 3.85. The van der Waals surface area contributed by atoms with Gasteiger partial charge in [-0.05, 0) is 13.8 Å². The van der Waals surface area contributed by atoms with E-state index in [9.17, 15) is 0 Å². The highest BCUT2D eigenvalue weighted by atomic mass is 16.5. The van der Waals surface area contributed by atoms with Crippen LogP contribution >= 0.6 is 0 Å². The summed E-state index contributed by atoms with van der Waals surface area (Å²) < 4.78 is 10.6. The molecule has 2 rings (SSSR count). The average molecular weight is 196 g/mol. The molecule has 1 atom stereocenters. The standard InChI is InChI=1S/C10H16N2O2/c1-8-5-10(14-11-8)7-12-3-4-13-9(2)6-12/h5,9H,3-4,6-7H2,1-2H3/t9-/m0/s1. The average Bonchev–Trinajstić information content (AvgIpc) is 2.51. The van der Waals surface area contributed by atoms with Crippen molar-refractivity contribution < 1.29 is 9.26 Å². The highest BCUT2D eigenvalue weighted by Crippen LogP contribution is 2.10. The molecule has 0 bridgehead atoms. The molecule has 2 heterocycles. The van der Waals surface area contributed by atoms with Crippen LogP contribution in [0.2, 0.25) is 0 Å². The highest BCUT2D eigenvalue weighted by Gasteiger charge is 2.17. The van der Waals surface area contributed by atoms with Crippen molar-refractivity contribution >= 4 is 0 Å². The molecule has 0 N–H and O–H groups in total. The molecule has 0 unspecified atom stereocenters. The van der Waals surface area contributed by atoms with Crippen LogP contribution in [0.4, 0.5) is 0 Å². The van der Waals surface area contributed by atoms with Gasteiger partial charge >= 0.3 is 0 Å². The maximum atomic E-state index is 5.46. The first kappa shape index (κ1) is 9.68. The molecule has 78 valence electrons. The fraction of sp³-hybridized carbons (Fsp3) is 0.700. The summed E-state index contributed by atoms with van der Waals surface area (Å²) in [5.74, 6) is 0.941. The van der Waals surface area contributed by atoms with Gasteiger partial charge < -0.3 is 9.26 Å². The van der Waals surface area contributed by atoms with Crippen molar-refractivity contribution in [3.05, 3.63) is 17.5 Å². The van der Waals surface area contributed by atoms with Crippen LogP contribution in [-0.2, 0) is 11.3 Å². The van der Waals surface area contributed by atoms with Crippen LogP contribution in [0.3, 0.4) is 0 Å². The minimum Gasteiger partial charge on any atom is -0.376 e. The van der Waals surface area contributed by atoms with Crippen molar-refractivity contribution in [2.24, 2.45) is 0 Å². The number of aromatic nitrogens is 1. The lowest BCUT2D eigenvalue weighted by Gasteiger charge is -2.30. The predicted molar refractivity (Wildman–Crippen MR) is 51.9 cm³/mol. The van der Waals surface area contributed by atoms with E-state index in [0.717, 1.165) is 37.7 Å². The van der Waals surface area contributed by atoms with E-state index in [1.165, 1.54) is 0 Å². The lowest BCUT2D eigenvalue weighted by molar-refractivity contribution is -0.0235. The lowest BCUT2D eigenvalue weighted by Crippen LogP contribution is -2.40. The predicted octanol–water partition coefficient (Wildman–Crippen LogP) is 1.20. The van der Waals surface area contributed by atoms with Crippen molar-refractivity contribution in [2.75, 3.05) is 19.7 Å². The zero-order chi connectivity index (χ0) is 9.97. The van der Waals surface area contributed by atoms with Gasteiger partial charge in [0.25, 0.3) is 0 Å². The summed E-state index contributed by atoms with van der Waals surface area (Å²) in [4.78, 5) is 2.33. The first-order chi connectivity index (χ1) is 6.74. The summed E-state index contributed by atoms with van der Waals surface area (Å²) in [6, 6.07) is 1.99. The summed E-state index contributed by atoms with van der Waals surface area (Å²) in [5.41, 5.74) is 0.946. The van der Waals surface area contributed by atoms with Crippen LogP contribution < -0.4 is 0 Å². The molecule has 0 aliphatic carbocycles. The van der Waals surface area contributed by atoms with E-state index in [-0.39, 0.29) is 0 Å². The monoisotopic (exact) mass is 196 g/mol. The zero-order valence-electron chi connectivity index (χ0n) is 8.69. The Morgan fingerprint density at radius 2 is 2.50 bits per heavy atom. The van der Waals surface area contributed by atoms with Gasteiger partial charge in [-0.15, -0.1) is 0 Å². The Labute approximate surface area is 83.8 Å².